The summed E-state index contributed by atoms with van der Waals surface area (Å²) in [5.74, 6) is 2.04. The van der Waals surface area contributed by atoms with Crippen molar-refractivity contribution in [2.24, 2.45) is 0 Å². The van der Waals surface area contributed by atoms with Gasteiger partial charge in [0.05, 0.1) is 20.8 Å². The van der Waals surface area contributed by atoms with Crippen LogP contribution in [0.3, 0.4) is 0 Å². The van der Waals surface area contributed by atoms with E-state index in [9.17, 15) is 4.79 Å². The van der Waals surface area contributed by atoms with Crippen LogP contribution in [0.2, 0.25) is 0 Å². The molecule has 0 saturated carbocycles. The van der Waals surface area contributed by atoms with Crippen LogP contribution >= 0.6 is 0 Å². The first-order valence-electron chi connectivity index (χ1n) is 10.6. The fourth-order valence-electron chi connectivity index (χ4n) is 3.60. The first-order chi connectivity index (χ1) is 14.7. The molecule has 3 rings (SSSR count). The quantitative estimate of drug-likeness (QED) is 0.319. The van der Waals surface area contributed by atoms with Crippen LogP contribution < -0.4 is 14.2 Å². The van der Waals surface area contributed by atoms with Crippen molar-refractivity contribution in [3.63, 3.8) is 0 Å². The molecule has 2 aromatic rings. The van der Waals surface area contributed by atoms with Crippen LogP contribution in [0.5, 0.6) is 17.2 Å². The Bertz CT molecular complexity index is 839. The third-order valence-electron chi connectivity index (χ3n) is 5.31. The largest absolute Gasteiger partial charge is 0.494 e. The topological polar surface area (TPSA) is 48.0 Å². The van der Waals surface area contributed by atoms with Crippen LogP contribution in [0.25, 0.3) is 6.08 Å². The van der Waals surface area contributed by atoms with E-state index in [1.807, 2.05) is 30.3 Å². The van der Waals surface area contributed by atoms with E-state index in [0.29, 0.717) is 23.7 Å². The molecule has 1 saturated heterocycles. The fourth-order valence-corrected chi connectivity index (χ4v) is 3.60. The van der Waals surface area contributed by atoms with E-state index in [1.54, 1.807) is 38.5 Å². The Balaban J connectivity index is 1.47. The maximum atomic E-state index is 12.5. The maximum Gasteiger partial charge on any atom is 0.185 e. The van der Waals surface area contributed by atoms with Crippen molar-refractivity contribution in [1.29, 1.82) is 0 Å². The van der Waals surface area contributed by atoms with Crippen molar-refractivity contribution in [3.8, 4) is 17.2 Å². The lowest BCUT2D eigenvalue weighted by atomic mass is 10.1. The molecular formula is C25H31NO4. The highest BCUT2D eigenvalue weighted by Crippen LogP contribution is 2.28. The zero-order chi connectivity index (χ0) is 21.2. The minimum Gasteiger partial charge on any atom is -0.494 e. The summed E-state index contributed by atoms with van der Waals surface area (Å²) in [6.07, 6.45) is 8.36. The number of likely N-dealkylation sites (tertiary alicyclic amines) is 1. The van der Waals surface area contributed by atoms with Gasteiger partial charge in [-0.1, -0.05) is 18.6 Å². The van der Waals surface area contributed by atoms with Gasteiger partial charge in [0, 0.05) is 12.1 Å². The summed E-state index contributed by atoms with van der Waals surface area (Å²) >= 11 is 0. The van der Waals surface area contributed by atoms with E-state index in [4.69, 9.17) is 14.2 Å². The number of ether oxygens (including phenoxy) is 3. The number of hydrogen-bond acceptors (Lipinski definition) is 5. The predicted molar refractivity (Wildman–Crippen MR) is 120 cm³/mol. The van der Waals surface area contributed by atoms with Crippen LogP contribution in [0, 0.1) is 0 Å². The third-order valence-corrected chi connectivity index (χ3v) is 5.31. The standard InChI is InChI=1S/C25H31NO4/c1-28-24-14-8-20(19-25(24)29-2)7-13-23(27)21-9-11-22(12-10-21)30-18-6-17-26-15-4-3-5-16-26/h7-14,19H,3-6,15-18H2,1-2H3/b13-7+. The minimum absolute atomic E-state index is 0.0542. The molecule has 0 unspecified atom stereocenters. The molecule has 0 aromatic heterocycles. The van der Waals surface area contributed by atoms with Gasteiger partial charge in [-0.25, -0.2) is 0 Å². The Hall–Kier alpha value is -2.79. The first kappa shape index (κ1) is 21.9. The van der Waals surface area contributed by atoms with Gasteiger partial charge in [0.1, 0.15) is 5.75 Å². The fraction of sp³-hybridized carbons (Fsp3) is 0.400. The normalized spacial score (nSPS) is 14.6. The molecule has 0 aliphatic carbocycles. The number of carbonyl (C=O) groups excluding carboxylic acids is 1. The van der Waals surface area contributed by atoms with Gasteiger partial charge in [0.15, 0.2) is 17.3 Å². The van der Waals surface area contributed by atoms with Crippen molar-refractivity contribution in [1.82, 2.24) is 4.90 Å². The van der Waals surface area contributed by atoms with Gasteiger partial charge in [-0.05, 0) is 80.4 Å². The van der Waals surface area contributed by atoms with Gasteiger partial charge in [-0.2, -0.15) is 0 Å². The molecule has 2 aromatic carbocycles. The van der Waals surface area contributed by atoms with E-state index in [0.717, 1.165) is 24.3 Å². The minimum atomic E-state index is -0.0542. The van der Waals surface area contributed by atoms with Crippen molar-refractivity contribution in [2.75, 3.05) is 40.5 Å². The second kappa shape index (κ2) is 11.4. The number of hydrogen-bond donors (Lipinski definition) is 0. The molecule has 0 N–H and O–H groups in total. The number of ketones is 1. The monoisotopic (exact) mass is 409 g/mol. The smallest absolute Gasteiger partial charge is 0.185 e. The van der Waals surface area contributed by atoms with Crippen LogP contribution in [-0.2, 0) is 0 Å². The summed E-state index contributed by atoms with van der Waals surface area (Å²) < 4.78 is 16.4. The molecule has 0 radical (unpaired) electrons. The molecule has 0 bridgehead atoms. The van der Waals surface area contributed by atoms with Gasteiger partial charge in [-0.3, -0.25) is 4.79 Å². The van der Waals surface area contributed by atoms with Gasteiger partial charge in [0.2, 0.25) is 0 Å². The summed E-state index contributed by atoms with van der Waals surface area (Å²) in [7, 11) is 3.19. The van der Waals surface area contributed by atoms with Gasteiger partial charge >= 0.3 is 0 Å². The lowest BCUT2D eigenvalue weighted by molar-refractivity contribution is 0.104. The summed E-state index contributed by atoms with van der Waals surface area (Å²) in [4.78, 5) is 15.0. The SMILES string of the molecule is COc1ccc(/C=C/C(=O)c2ccc(OCCCN3CCCCC3)cc2)cc1OC. The number of rotatable bonds is 10. The Morgan fingerprint density at radius 3 is 2.40 bits per heavy atom. The number of allylic oxidation sites excluding steroid dienone is 1. The Morgan fingerprint density at radius 2 is 1.70 bits per heavy atom. The van der Waals surface area contributed by atoms with Crippen LogP contribution in [0.4, 0.5) is 0 Å². The molecule has 5 heteroatoms. The zero-order valence-corrected chi connectivity index (χ0v) is 17.9. The van der Waals surface area contributed by atoms with E-state index >= 15 is 0 Å². The Kier molecular flexibility index (Phi) is 8.33. The molecule has 1 aliphatic rings. The number of methoxy groups -OCH3 is 2. The average molecular weight is 410 g/mol. The summed E-state index contributed by atoms with van der Waals surface area (Å²) in [6, 6.07) is 12.9. The Labute approximate surface area is 179 Å². The summed E-state index contributed by atoms with van der Waals surface area (Å²) in [5, 5.41) is 0. The highest BCUT2D eigenvalue weighted by molar-refractivity contribution is 6.06. The van der Waals surface area contributed by atoms with E-state index in [-0.39, 0.29) is 5.78 Å². The highest BCUT2D eigenvalue weighted by Gasteiger charge is 2.09. The molecule has 160 valence electrons. The average Bonchev–Trinajstić information content (AvgIpc) is 2.81. The Morgan fingerprint density at radius 1 is 0.967 bits per heavy atom. The maximum absolute atomic E-state index is 12.5. The van der Waals surface area contributed by atoms with Crippen LogP contribution in [0.1, 0.15) is 41.6 Å². The van der Waals surface area contributed by atoms with Crippen LogP contribution in [-0.4, -0.2) is 51.1 Å². The predicted octanol–water partition coefficient (Wildman–Crippen LogP) is 4.85. The van der Waals surface area contributed by atoms with Gasteiger partial charge < -0.3 is 19.1 Å². The van der Waals surface area contributed by atoms with Crippen molar-refractivity contribution in [3.05, 3.63) is 59.7 Å². The molecule has 1 heterocycles. The van der Waals surface area contributed by atoms with Crippen molar-refractivity contribution >= 4 is 11.9 Å². The van der Waals surface area contributed by atoms with E-state index in [2.05, 4.69) is 4.90 Å². The van der Waals surface area contributed by atoms with E-state index < -0.39 is 0 Å². The highest BCUT2D eigenvalue weighted by atomic mass is 16.5. The number of benzene rings is 2. The third kappa shape index (κ3) is 6.36. The van der Waals surface area contributed by atoms with Crippen molar-refractivity contribution in [2.45, 2.75) is 25.7 Å². The van der Waals surface area contributed by atoms with Gasteiger partial charge in [0.25, 0.3) is 0 Å². The van der Waals surface area contributed by atoms with Crippen LogP contribution in [0.15, 0.2) is 48.5 Å². The molecule has 0 amide bonds. The lowest BCUT2D eigenvalue weighted by Gasteiger charge is -2.26. The van der Waals surface area contributed by atoms with E-state index in [1.165, 1.54) is 32.4 Å². The molecule has 30 heavy (non-hydrogen) atoms. The summed E-state index contributed by atoms with van der Waals surface area (Å²) in [6.45, 7) is 4.22. The molecule has 0 spiro atoms. The number of carbonyl (C=O) groups is 1. The molecular weight excluding hydrogens is 378 g/mol. The second-order valence-electron chi connectivity index (χ2n) is 7.44. The number of nitrogens with zero attached hydrogens (tertiary/aromatic N) is 1. The lowest BCUT2D eigenvalue weighted by Crippen LogP contribution is -2.31. The second-order valence-corrected chi connectivity index (χ2v) is 7.44. The first-order valence-corrected chi connectivity index (χ1v) is 10.6. The summed E-state index contributed by atoms with van der Waals surface area (Å²) in [5.41, 5.74) is 1.50. The zero-order valence-electron chi connectivity index (χ0n) is 17.9. The molecule has 1 fully saturated rings. The van der Waals surface area contributed by atoms with Gasteiger partial charge in [-0.15, -0.1) is 0 Å². The molecule has 5 nitrogen and oxygen atoms in total. The van der Waals surface area contributed by atoms with Crippen molar-refractivity contribution < 1.29 is 19.0 Å². The number of piperidine rings is 1. The molecule has 1 aliphatic heterocycles. The molecule has 0 atom stereocenters.